The molecule has 0 fully saturated rings. The first-order valence-corrected chi connectivity index (χ1v) is 11.1. The lowest BCUT2D eigenvalue weighted by molar-refractivity contribution is -0.118. The third-order valence-electron chi connectivity index (χ3n) is 5.09. The third-order valence-corrected chi connectivity index (χ3v) is 5.09. The first kappa shape index (κ1) is 25.7. The fourth-order valence-corrected chi connectivity index (χ4v) is 3.11. The fraction of sp³-hybridized carbons (Fsp3) is 0.250. The molecule has 1 unspecified atom stereocenters. The minimum atomic E-state index is -1.03. The molecule has 0 aliphatic rings. The predicted molar refractivity (Wildman–Crippen MR) is 133 cm³/mol. The van der Waals surface area contributed by atoms with Crippen LogP contribution < -0.4 is 33.1 Å². The largest absolute Gasteiger partial charge is 0.394 e. The molecule has 0 aliphatic heterocycles. The van der Waals surface area contributed by atoms with Crippen LogP contribution >= 0.6 is 0 Å². The molecule has 2 aromatic carbocycles. The van der Waals surface area contributed by atoms with Gasteiger partial charge in [0.15, 0.2) is 0 Å². The Morgan fingerprint density at radius 1 is 1.03 bits per heavy atom. The molecule has 0 aliphatic carbocycles. The van der Waals surface area contributed by atoms with Gasteiger partial charge in [-0.15, -0.1) is 0 Å². The molecular weight excluding hydrogens is 450 g/mol. The van der Waals surface area contributed by atoms with Gasteiger partial charge in [0.05, 0.1) is 12.3 Å². The van der Waals surface area contributed by atoms with E-state index in [-0.39, 0.29) is 5.82 Å². The maximum atomic E-state index is 12.5. The van der Waals surface area contributed by atoms with Crippen LogP contribution in [0, 0.1) is 0 Å². The molecule has 0 spiro atoms. The number of carbonyl (C=O) groups excluding carboxylic acids is 2. The molecule has 1 atom stereocenters. The molecule has 11 nitrogen and oxygen atoms in total. The van der Waals surface area contributed by atoms with Crippen molar-refractivity contribution in [2.45, 2.75) is 19.0 Å². The average Bonchev–Trinajstić information content (AvgIpc) is 2.87. The maximum Gasteiger partial charge on any atom is 0.354 e. The van der Waals surface area contributed by atoms with Crippen molar-refractivity contribution in [1.29, 1.82) is 0 Å². The Morgan fingerprint density at radius 3 is 2.37 bits per heavy atom. The minimum absolute atomic E-state index is 0.114. The molecule has 184 valence electrons. The van der Waals surface area contributed by atoms with Crippen molar-refractivity contribution in [2.24, 2.45) is 11.5 Å². The van der Waals surface area contributed by atoms with Crippen LogP contribution in [0.1, 0.15) is 22.3 Å². The summed E-state index contributed by atoms with van der Waals surface area (Å²) in [7, 11) is 0. The number of nitrogens with zero attached hydrogens (tertiary/aromatic N) is 2. The van der Waals surface area contributed by atoms with Crippen LogP contribution in [0.2, 0.25) is 0 Å². The lowest BCUT2D eigenvalue weighted by Gasteiger charge is -2.10. The Morgan fingerprint density at radius 2 is 1.74 bits per heavy atom. The van der Waals surface area contributed by atoms with Crippen LogP contribution in [0.3, 0.4) is 0 Å². The molecule has 3 rings (SSSR count). The maximum absolute atomic E-state index is 12.5. The van der Waals surface area contributed by atoms with Gasteiger partial charge in [-0.2, -0.15) is 4.98 Å². The number of nitrogens with two attached hydrogens (primary N) is 2. The SMILES string of the molecule is NCCCNCc1ccc(-n2ccc(NC(=O)c3ccc(NC(=O)C(N)CO)cc3)nc2=O)cc1. The summed E-state index contributed by atoms with van der Waals surface area (Å²) in [6, 6.07) is 14.1. The second-order valence-electron chi connectivity index (χ2n) is 7.76. The number of nitrogens with one attached hydrogen (secondary N) is 3. The molecule has 1 heterocycles. The highest BCUT2D eigenvalue weighted by molar-refractivity contribution is 6.04. The zero-order valence-corrected chi connectivity index (χ0v) is 19.1. The highest BCUT2D eigenvalue weighted by Crippen LogP contribution is 2.13. The minimum Gasteiger partial charge on any atom is -0.394 e. The Labute approximate surface area is 202 Å². The number of rotatable bonds is 11. The Balaban J connectivity index is 1.61. The summed E-state index contributed by atoms with van der Waals surface area (Å²) in [5.74, 6) is -0.891. The summed E-state index contributed by atoms with van der Waals surface area (Å²) in [5, 5.41) is 17.3. The molecule has 0 saturated carbocycles. The van der Waals surface area contributed by atoms with E-state index in [4.69, 9.17) is 16.6 Å². The number of hydrogen-bond acceptors (Lipinski definition) is 8. The van der Waals surface area contributed by atoms with Gasteiger partial charge in [-0.1, -0.05) is 12.1 Å². The van der Waals surface area contributed by atoms with Gasteiger partial charge in [0.2, 0.25) is 5.91 Å². The Hall–Kier alpha value is -3.90. The molecule has 1 aromatic heterocycles. The van der Waals surface area contributed by atoms with Gasteiger partial charge in [-0.05, 0) is 67.5 Å². The van der Waals surface area contributed by atoms with Crippen molar-refractivity contribution >= 4 is 23.3 Å². The number of amides is 2. The van der Waals surface area contributed by atoms with Gasteiger partial charge in [0.1, 0.15) is 11.9 Å². The molecule has 0 saturated heterocycles. The molecule has 0 bridgehead atoms. The molecule has 11 heteroatoms. The van der Waals surface area contributed by atoms with Crippen molar-refractivity contribution in [3.05, 3.63) is 82.4 Å². The third kappa shape index (κ3) is 7.29. The van der Waals surface area contributed by atoms with E-state index < -0.39 is 30.2 Å². The van der Waals surface area contributed by atoms with Crippen LogP contribution in [0.4, 0.5) is 11.5 Å². The van der Waals surface area contributed by atoms with Crippen LogP contribution in [0.25, 0.3) is 5.69 Å². The topological polar surface area (TPSA) is 177 Å². The van der Waals surface area contributed by atoms with E-state index in [9.17, 15) is 14.4 Å². The summed E-state index contributed by atoms with van der Waals surface area (Å²) in [6.45, 7) is 1.72. The number of aliphatic hydroxyl groups excluding tert-OH is 1. The van der Waals surface area contributed by atoms with Gasteiger partial charge < -0.3 is 32.5 Å². The van der Waals surface area contributed by atoms with E-state index in [1.807, 2.05) is 24.3 Å². The van der Waals surface area contributed by atoms with Gasteiger partial charge in [0.25, 0.3) is 5.91 Å². The van der Waals surface area contributed by atoms with Crippen LogP contribution in [0.15, 0.2) is 65.6 Å². The lowest BCUT2D eigenvalue weighted by Crippen LogP contribution is -2.38. The molecule has 35 heavy (non-hydrogen) atoms. The Bertz CT molecular complexity index is 1190. The molecule has 8 N–H and O–H groups in total. The van der Waals surface area contributed by atoms with Crippen LogP contribution in [-0.2, 0) is 11.3 Å². The number of aromatic nitrogens is 2. The zero-order valence-electron chi connectivity index (χ0n) is 19.1. The summed E-state index contributed by atoms with van der Waals surface area (Å²) in [4.78, 5) is 40.7. The zero-order chi connectivity index (χ0) is 25.2. The lowest BCUT2D eigenvalue weighted by atomic mass is 10.2. The van der Waals surface area contributed by atoms with E-state index in [1.54, 1.807) is 6.20 Å². The summed E-state index contributed by atoms with van der Waals surface area (Å²) < 4.78 is 1.38. The summed E-state index contributed by atoms with van der Waals surface area (Å²) in [5.41, 5.74) is 12.9. The van der Waals surface area contributed by atoms with Crippen molar-refractivity contribution in [3.63, 3.8) is 0 Å². The smallest absolute Gasteiger partial charge is 0.354 e. The highest BCUT2D eigenvalue weighted by atomic mass is 16.3. The van der Waals surface area contributed by atoms with Crippen molar-refractivity contribution in [1.82, 2.24) is 14.9 Å². The highest BCUT2D eigenvalue weighted by Gasteiger charge is 2.13. The normalized spacial score (nSPS) is 11.6. The van der Waals surface area contributed by atoms with E-state index in [1.165, 1.54) is 34.9 Å². The fourth-order valence-electron chi connectivity index (χ4n) is 3.11. The monoisotopic (exact) mass is 479 g/mol. The van der Waals surface area contributed by atoms with E-state index in [0.29, 0.717) is 30.0 Å². The molecule has 2 amide bonds. The number of benzene rings is 2. The van der Waals surface area contributed by atoms with Crippen LogP contribution in [-0.4, -0.2) is 52.2 Å². The second kappa shape index (κ2) is 12.5. The van der Waals surface area contributed by atoms with Gasteiger partial charge in [0, 0.05) is 24.0 Å². The number of aliphatic hydroxyl groups is 1. The van der Waals surface area contributed by atoms with Gasteiger partial charge in [-0.25, -0.2) is 4.79 Å². The van der Waals surface area contributed by atoms with Crippen molar-refractivity contribution in [3.8, 4) is 5.69 Å². The predicted octanol–water partition coefficient (Wildman–Crippen LogP) is 0.181. The number of anilines is 2. The number of carbonyl (C=O) groups is 2. The number of hydrogen-bond donors (Lipinski definition) is 6. The quantitative estimate of drug-likeness (QED) is 0.211. The van der Waals surface area contributed by atoms with E-state index in [0.717, 1.165) is 18.5 Å². The van der Waals surface area contributed by atoms with Crippen molar-refractivity contribution < 1.29 is 14.7 Å². The average molecular weight is 480 g/mol. The van der Waals surface area contributed by atoms with Gasteiger partial charge in [-0.3, -0.25) is 14.2 Å². The Kier molecular flexibility index (Phi) is 9.21. The second-order valence-corrected chi connectivity index (χ2v) is 7.76. The summed E-state index contributed by atoms with van der Waals surface area (Å²) in [6.07, 6.45) is 2.45. The molecule has 0 radical (unpaired) electrons. The first-order chi connectivity index (χ1) is 16.9. The van der Waals surface area contributed by atoms with E-state index in [2.05, 4.69) is 20.9 Å². The molecule has 3 aromatic rings. The van der Waals surface area contributed by atoms with Gasteiger partial charge >= 0.3 is 5.69 Å². The van der Waals surface area contributed by atoms with Crippen LogP contribution in [0.5, 0.6) is 0 Å². The molecular formula is C24H29N7O4. The summed E-state index contributed by atoms with van der Waals surface area (Å²) >= 11 is 0. The van der Waals surface area contributed by atoms with E-state index >= 15 is 0 Å². The first-order valence-electron chi connectivity index (χ1n) is 11.1. The standard InChI is InChI=1S/C24H29N7O4/c25-11-1-12-27-14-16-2-8-19(9-3-16)31-13-10-21(30-24(31)35)29-22(33)17-4-6-18(7-5-17)28-23(34)20(26)15-32/h2-10,13,20,27,32H,1,11-12,14-15,25-26H2,(H,28,34)(H,29,30,33,35). The van der Waals surface area contributed by atoms with Crippen molar-refractivity contribution in [2.75, 3.05) is 30.3 Å².